The Morgan fingerprint density at radius 1 is 1.62 bits per heavy atom. The molecular formula is C15H15ClN2O2S. The first-order valence-electron chi connectivity index (χ1n) is 6.41. The molecule has 0 aliphatic carbocycles. The van der Waals surface area contributed by atoms with Crippen molar-refractivity contribution in [1.82, 2.24) is 5.32 Å². The molecule has 2 atom stereocenters. The highest BCUT2D eigenvalue weighted by Crippen LogP contribution is 2.29. The number of rotatable bonds is 4. The number of ether oxygens (including phenoxy) is 1. The highest BCUT2D eigenvalue weighted by atomic mass is 35.5. The Morgan fingerprint density at radius 2 is 2.38 bits per heavy atom. The summed E-state index contributed by atoms with van der Waals surface area (Å²) < 4.78 is 5.16. The Labute approximate surface area is 133 Å². The number of halogens is 1. The maximum absolute atomic E-state index is 12.3. The van der Waals surface area contributed by atoms with Crippen LogP contribution in [0.15, 0.2) is 41.9 Å². The minimum absolute atomic E-state index is 0.162. The van der Waals surface area contributed by atoms with Crippen LogP contribution < -0.4 is 5.32 Å². The van der Waals surface area contributed by atoms with Crippen molar-refractivity contribution in [1.29, 1.82) is 0 Å². The number of esters is 1. The Balaban J connectivity index is 2.36. The minimum atomic E-state index is -0.546. The summed E-state index contributed by atoms with van der Waals surface area (Å²) in [5.41, 5.74) is 1.48. The number of nitrogens with zero attached hydrogens (tertiary/aromatic N) is 1. The Bertz CT molecular complexity index is 615. The summed E-state index contributed by atoms with van der Waals surface area (Å²) in [6.07, 6.45) is 1.53. The number of thiocarbonyl (C=S) groups is 1. The lowest BCUT2D eigenvalue weighted by Crippen LogP contribution is -2.44. The summed E-state index contributed by atoms with van der Waals surface area (Å²) in [5, 5.41) is 4.00. The van der Waals surface area contributed by atoms with Gasteiger partial charge in [-0.1, -0.05) is 36.4 Å². The van der Waals surface area contributed by atoms with Gasteiger partial charge in [-0.2, -0.15) is 0 Å². The van der Waals surface area contributed by atoms with Crippen LogP contribution in [0, 0.1) is 5.92 Å². The lowest BCUT2D eigenvalue weighted by atomic mass is 9.88. The number of benzene rings is 1. The molecule has 21 heavy (non-hydrogen) atoms. The largest absolute Gasteiger partial charge is 0.461 e. The maximum Gasteiger partial charge on any atom is 0.317 e. The highest BCUT2D eigenvalue weighted by Gasteiger charge is 2.36. The molecule has 0 spiro atoms. The number of carbonyl (C=O) groups is 1. The second-order valence-electron chi connectivity index (χ2n) is 4.63. The quantitative estimate of drug-likeness (QED) is 0.526. The van der Waals surface area contributed by atoms with Gasteiger partial charge in [0.15, 0.2) is 5.11 Å². The first kappa shape index (κ1) is 15.7. The molecule has 1 aliphatic heterocycles. The van der Waals surface area contributed by atoms with Gasteiger partial charge in [0.2, 0.25) is 0 Å². The van der Waals surface area contributed by atoms with Crippen molar-refractivity contribution in [2.24, 2.45) is 10.9 Å². The number of hydrogen-bond acceptors (Lipinski definition) is 3. The Hall–Kier alpha value is -1.72. The predicted octanol–water partition coefficient (Wildman–Crippen LogP) is 3.08. The number of nitrogens with one attached hydrogen (secondary N) is 1. The Morgan fingerprint density at radius 3 is 3.05 bits per heavy atom. The lowest BCUT2D eigenvalue weighted by Gasteiger charge is -2.31. The van der Waals surface area contributed by atoms with E-state index in [1.54, 1.807) is 19.1 Å². The summed E-state index contributed by atoms with van der Waals surface area (Å²) in [7, 11) is 0. The molecule has 1 aromatic carbocycles. The summed E-state index contributed by atoms with van der Waals surface area (Å²) in [6, 6.07) is 6.95. The molecular weight excluding hydrogens is 308 g/mol. The van der Waals surface area contributed by atoms with Gasteiger partial charge in [0.25, 0.3) is 0 Å². The van der Waals surface area contributed by atoms with Gasteiger partial charge >= 0.3 is 5.97 Å². The van der Waals surface area contributed by atoms with Gasteiger partial charge in [0.1, 0.15) is 12.5 Å². The van der Waals surface area contributed by atoms with Crippen molar-refractivity contribution in [2.75, 3.05) is 6.61 Å². The Kier molecular flexibility index (Phi) is 5.09. The molecule has 1 N–H and O–H groups in total. The van der Waals surface area contributed by atoms with Gasteiger partial charge in [0.05, 0.1) is 6.04 Å². The van der Waals surface area contributed by atoms with Crippen LogP contribution in [0.4, 0.5) is 0 Å². The molecule has 2 rings (SSSR count). The van der Waals surface area contributed by atoms with Crippen molar-refractivity contribution in [3.63, 3.8) is 0 Å². The van der Waals surface area contributed by atoms with Gasteiger partial charge in [0, 0.05) is 10.7 Å². The van der Waals surface area contributed by atoms with E-state index in [1.807, 2.05) is 12.1 Å². The molecule has 1 heterocycles. The average molecular weight is 323 g/mol. The van der Waals surface area contributed by atoms with Crippen LogP contribution in [0.1, 0.15) is 18.5 Å². The van der Waals surface area contributed by atoms with Gasteiger partial charge in [-0.05, 0) is 36.8 Å². The van der Waals surface area contributed by atoms with E-state index in [4.69, 9.17) is 28.6 Å². The van der Waals surface area contributed by atoms with Crippen LogP contribution in [0.25, 0.3) is 0 Å². The van der Waals surface area contributed by atoms with Crippen LogP contribution in [0.2, 0.25) is 5.02 Å². The van der Waals surface area contributed by atoms with Crippen LogP contribution in [-0.4, -0.2) is 23.4 Å². The minimum Gasteiger partial charge on any atom is -0.461 e. The maximum atomic E-state index is 12.3. The van der Waals surface area contributed by atoms with Crippen molar-refractivity contribution >= 4 is 40.6 Å². The smallest absolute Gasteiger partial charge is 0.317 e. The summed E-state index contributed by atoms with van der Waals surface area (Å²) in [5.74, 6) is -0.911. The fourth-order valence-corrected chi connectivity index (χ4v) is 2.70. The van der Waals surface area contributed by atoms with E-state index >= 15 is 0 Å². The zero-order valence-electron chi connectivity index (χ0n) is 11.5. The molecule has 1 aromatic rings. The molecule has 0 aromatic heterocycles. The molecule has 110 valence electrons. The first-order valence-corrected chi connectivity index (χ1v) is 7.20. The third-order valence-electron chi connectivity index (χ3n) is 3.15. The van der Waals surface area contributed by atoms with Crippen LogP contribution in [0.5, 0.6) is 0 Å². The highest BCUT2D eigenvalue weighted by molar-refractivity contribution is 7.80. The molecule has 4 nitrogen and oxygen atoms in total. The molecule has 0 amide bonds. The summed E-state index contributed by atoms with van der Waals surface area (Å²) in [6.45, 7) is 5.47. The second kappa shape index (κ2) is 6.83. The van der Waals surface area contributed by atoms with Crippen LogP contribution in [-0.2, 0) is 9.53 Å². The monoisotopic (exact) mass is 322 g/mol. The van der Waals surface area contributed by atoms with Gasteiger partial charge in [-0.3, -0.25) is 4.79 Å². The summed E-state index contributed by atoms with van der Waals surface area (Å²) in [4.78, 5) is 16.4. The van der Waals surface area contributed by atoms with E-state index in [-0.39, 0.29) is 18.6 Å². The normalized spacial score (nSPS) is 21.2. The molecule has 0 saturated heterocycles. The van der Waals surface area contributed by atoms with E-state index in [1.165, 1.54) is 6.08 Å². The SMILES string of the molecule is C=CCOC(=O)C1C(C)=NC(=S)NC1c1cccc(Cl)c1. The van der Waals surface area contributed by atoms with Gasteiger partial charge in [-0.25, -0.2) is 4.99 Å². The van der Waals surface area contributed by atoms with Crippen molar-refractivity contribution in [3.05, 3.63) is 47.5 Å². The van der Waals surface area contributed by atoms with E-state index in [9.17, 15) is 4.79 Å². The number of hydrogen-bond donors (Lipinski definition) is 1. The van der Waals surface area contributed by atoms with Crippen molar-refractivity contribution < 1.29 is 9.53 Å². The third kappa shape index (κ3) is 3.68. The van der Waals surface area contributed by atoms with E-state index in [2.05, 4.69) is 16.9 Å². The predicted molar refractivity (Wildman–Crippen MR) is 87.7 cm³/mol. The van der Waals surface area contributed by atoms with Gasteiger partial charge in [-0.15, -0.1) is 0 Å². The molecule has 0 saturated carbocycles. The molecule has 0 bridgehead atoms. The van der Waals surface area contributed by atoms with Gasteiger partial charge < -0.3 is 10.1 Å². The van der Waals surface area contributed by atoms with E-state index in [0.29, 0.717) is 15.8 Å². The topological polar surface area (TPSA) is 50.7 Å². The van der Waals surface area contributed by atoms with Crippen LogP contribution >= 0.6 is 23.8 Å². The van der Waals surface area contributed by atoms with E-state index < -0.39 is 5.92 Å². The molecule has 6 heteroatoms. The number of aliphatic imine (C=N–C) groups is 1. The third-order valence-corrected chi connectivity index (χ3v) is 3.59. The second-order valence-corrected chi connectivity index (χ2v) is 5.45. The molecule has 0 fully saturated rings. The lowest BCUT2D eigenvalue weighted by molar-refractivity contribution is -0.145. The van der Waals surface area contributed by atoms with Crippen molar-refractivity contribution in [3.8, 4) is 0 Å². The zero-order valence-corrected chi connectivity index (χ0v) is 13.1. The van der Waals surface area contributed by atoms with Crippen LogP contribution in [0.3, 0.4) is 0 Å². The standard InChI is InChI=1S/C15H15ClN2O2S/c1-3-7-20-14(19)12-9(2)17-15(21)18-13(12)10-5-4-6-11(16)8-10/h3-6,8,12-13H,1,7H2,2H3,(H,18,21). The zero-order chi connectivity index (χ0) is 15.4. The summed E-state index contributed by atoms with van der Waals surface area (Å²) >= 11 is 11.1. The molecule has 0 radical (unpaired) electrons. The van der Waals surface area contributed by atoms with E-state index in [0.717, 1.165) is 5.56 Å². The average Bonchev–Trinajstić information content (AvgIpc) is 2.44. The first-order chi connectivity index (χ1) is 10.0. The number of carbonyl (C=O) groups excluding carboxylic acids is 1. The fourth-order valence-electron chi connectivity index (χ4n) is 2.23. The van der Waals surface area contributed by atoms with Crippen molar-refractivity contribution in [2.45, 2.75) is 13.0 Å². The molecule has 2 unspecified atom stereocenters. The molecule has 1 aliphatic rings. The fraction of sp³-hybridized carbons (Fsp3) is 0.267.